The van der Waals surface area contributed by atoms with Crippen molar-refractivity contribution < 1.29 is 9.59 Å². The van der Waals surface area contributed by atoms with Gasteiger partial charge in [0.25, 0.3) is 5.91 Å². The molecule has 0 aliphatic carbocycles. The molecule has 2 amide bonds. The minimum absolute atomic E-state index is 0.0871. The van der Waals surface area contributed by atoms with Crippen LogP contribution >= 0.6 is 35.0 Å². The van der Waals surface area contributed by atoms with Gasteiger partial charge in [-0.3, -0.25) is 9.59 Å². The number of benzene rings is 2. The SMILES string of the molecule is C[C@H](NC(=O)CSc1nnc([C@@H](C)NC(=O)c2ccc(Cl)c(Cl)c2)n1C)c1ccccc1. The molecule has 2 aromatic carbocycles. The van der Waals surface area contributed by atoms with Crippen LogP contribution in [0.15, 0.2) is 53.7 Å². The summed E-state index contributed by atoms with van der Waals surface area (Å²) in [5, 5.41) is 15.5. The highest BCUT2D eigenvalue weighted by molar-refractivity contribution is 7.99. The first-order chi connectivity index (χ1) is 15.3. The fourth-order valence-electron chi connectivity index (χ4n) is 3.05. The second-order valence-electron chi connectivity index (χ2n) is 7.21. The van der Waals surface area contributed by atoms with Crippen LogP contribution in [0.5, 0.6) is 0 Å². The molecule has 2 N–H and O–H groups in total. The zero-order valence-corrected chi connectivity index (χ0v) is 20.1. The van der Waals surface area contributed by atoms with Crippen LogP contribution in [-0.4, -0.2) is 32.3 Å². The summed E-state index contributed by atoms with van der Waals surface area (Å²) in [6.07, 6.45) is 0. The van der Waals surface area contributed by atoms with Crippen molar-refractivity contribution in [2.75, 3.05) is 5.75 Å². The lowest BCUT2D eigenvalue weighted by atomic mass is 10.1. The number of carbonyl (C=O) groups is 2. The number of amides is 2. The predicted molar refractivity (Wildman–Crippen MR) is 127 cm³/mol. The van der Waals surface area contributed by atoms with Crippen molar-refractivity contribution in [3.05, 3.63) is 75.5 Å². The number of halogens is 2. The zero-order valence-electron chi connectivity index (χ0n) is 17.8. The highest BCUT2D eigenvalue weighted by atomic mass is 35.5. The van der Waals surface area contributed by atoms with Crippen molar-refractivity contribution in [2.45, 2.75) is 31.1 Å². The number of nitrogens with one attached hydrogen (secondary N) is 2. The Labute approximate surface area is 200 Å². The second-order valence-corrected chi connectivity index (χ2v) is 8.97. The summed E-state index contributed by atoms with van der Waals surface area (Å²) in [6, 6.07) is 14.0. The van der Waals surface area contributed by atoms with Crippen molar-refractivity contribution in [1.29, 1.82) is 0 Å². The van der Waals surface area contributed by atoms with Crippen LogP contribution < -0.4 is 10.6 Å². The Bertz CT molecular complexity index is 1110. The van der Waals surface area contributed by atoms with E-state index in [1.807, 2.05) is 44.2 Å². The van der Waals surface area contributed by atoms with Crippen LogP contribution in [0.2, 0.25) is 10.0 Å². The summed E-state index contributed by atoms with van der Waals surface area (Å²) >= 11 is 13.2. The highest BCUT2D eigenvalue weighted by Gasteiger charge is 2.20. The molecule has 0 spiro atoms. The van der Waals surface area contributed by atoms with Crippen LogP contribution in [0.25, 0.3) is 0 Å². The van der Waals surface area contributed by atoms with Gasteiger partial charge >= 0.3 is 0 Å². The van der Waals surface area contributed by atoms with Crippen molar-refractivity contribution in [2.24, 2.45) is 7.05 Å². The summed E-state index contributed by atoms with van der Waals surface area (Å²) in [5.41, 5.74) is 1.44. The largest absolute Gasteiger partial charge is 0.349 e. The number of nitrogens with zero attached hydrogens (tertiary/aromatic N) is 3. The normalized spacial score (nSPS) is 12.8. The Kier molecular flexibility index (Phi) is 8.17. The van der Waals surface area contributed by atoms with Crippen molar-refractivity contribution >= 4 is 46.8 Å². The maximum absolute atomic E-state index is 12.5. The van der Waals surface area contributed by atoms with Gasteiger partial charge in [-0.25, -0.2) is 0 Å². The van der Waals surface area contributed by atoms with E-state index in [1.165, 1.54) is 17.8 Å². The van der Waals surface area contributed by atoms with Crippen LogP contribution in [0, 0.1) is 0 Å². The average Bonchev–Trinajstić information content (AvgIpc) is 3.15. The molecule has 0 bridgehead atoms. The summed E-state index contributed by atoms with van der Waals surface area (Å²) in [7, 11) is 1.80. The molecule has 10 heteroatoms. The Morgan fingerprint density at radius 3 is 2.41 bits per heavy atom. The molecule has 0 radical (unpaired) electrons. The lowest BCUT2D eigenvalue weighted by Crippen LogP contribution is -2.29. The summed E-state index contributed by atoms with van der Waals surface area (Å²) in [6.45, 7) is 3.75. The third-order valence-electron chi connectivity index (χ3n) is 4.79. The standard InChI is InChI=1S/C22H23Cl2N5O2S/c1-13(15-7-5-4-6-8-15)25-19(30)12-32-22-28-27-20(29(22)3)14(2)26-21(31)16-9-10-17(23)18(24)11-16/h4-11,13-14H,12H2,1-3H3,(H,25,30)(H,26,31)/t13-,14+/m0/s1. The van der Waals surface area contributed by atoms with E-state index in [0.717, 1.165) is 5.56 Å². The fourth-order valence-corrected chi connectivity index (χ4v) is 4.08. The lowest BCUT2D eigenvalue weighted by molar-refractivity contribution is -0.119. The Morgan fingerprint density at radius 2 is 1.72 bits per heavy atom. The van der Waals surface area contributed by atoms with E-state index >= 15 is 0 Å². The minimum Gasteiger partial charge on any atom is -0.349 e. The summed E-state index contributed by atoms with van der Waals surface area (Å²) in [4.78, 5) is 24.9. The van der Waals surface area contributed by atoms with Gasteiger partial charge in [0.1, 0.15) is 0 Å². The number of hydrogen-bond acceptors (Lipinski definition) is 5. The van der Waals surface area contributed by atoms with E-state index in [9.17, 15) is 9.59 Å². The van der Waals surface area contributed by atoms with Gasteiger partial charge in [-0.15, -0.1) is 10.2 Å². The molecule has 0 unspecified atom stereocenters. The van der Waals surface area contributed by atoms with Crippen molar-refractivity contribution in [1.82, 2.24) is 25.4 Å². The Morgan fingerprint density at radius 1 is 1.00 bits per heavy atom. The van der Waals surface area contributed by atoms with E-state index in [2.05, 4.69) is 20.8 Å². The van der Waals surface area contributed by atoms with Gasteiger partial charge < -0.3 is 15.2 Å². The monoisotopic (exact) mass is 491 g/mol. The molecule has 0 aliphatic heterocycles. The predicted octanol–water partition coefficient (Wildman–Crippen LogP) is 4.58. The highest BCUT2D eigenvalue weighted by Crippen LogP contribution is 2.23. The number of thioether (sulfide) groups is 1. The molecule has 0 aliphatic rings. The van der Waals surface area contributed by atoms with E-state index in [1.54, 1.807) is 23.7 Å². The van der Waals surface area contributed by atoms with Crippen LogP contribution in [0.4, 0.5) is 0 Å². The molecule has 1 heterocycles. The van der Waals surface area contributed by atoms with Crippen molar-refractivity contribution in [3.63, 3.8) is 0 Å². The smallest absolute Gasteiger partial charge is 0.251 e. The van der Waals surface area contributed by atoms with Gasteiger partial charge in [-0.1, -0.05) is 65.3 Å². The number of aromatic nitrogens is 3. The first-order valence-corrected chi connectivity index (χ1v) is 11.6. The topological polar surface area (TPSA) is 88.9 Å². The minimum atomic E-state index is -0.407. The van der Waals surface area contributed by atoms with Crippen LogP contribution in [0.1, 0.15) is 47.7 Å². The summed E-state index contributed by atoms with van der Waals surface area (Å²) in [5.74, 6) is 0.367. The summed E-state index contributed by atoms with van der Waals surface area (Å²) < 4.78 is 1.76. The molecule has 0 fully saturated rings. The molecule has 7 nitrogen and oxygen atoms in total. The molecule has 32 heavy (non-hydrogen) atoms. The molecular weight excluding hydrogens is 469 g/mol. The first kappa shape index (κ1) is 24.1. The van der Waals surface area contributed by atoms with E-state index < -0.39 is 6.04 Å². The Balaban J connectivity index is 1.56. The fraction of sp³-hybridized carbons (Fsp3) is 0.273. The molecule has 2 atom stereocenters. The third-order valence-corrected chi connectivity index (χ3v) is 6.55. The molecule has 3 rings (SSSR count). The van der Waals surface area contributed by atoms with Crippen LogP contribution in [0.3, 0.4) is 0 Å². The number of hydrogen-bond donors (Lipinski definition) is 2. The maximum atomic E-state index is 12.5. The molecule has 3 aromatic rings. The molecule has 0 saturated heterocycles. The first-order valence-electron chi connectivity index (χ1n) is 9.88. The lowest BCUT2D eigenvalue weighted by Gasteiger charge is -2.15. The number of carbonyl (C=O) groups excluding carboxylic acids is 2. The van der Waals surface area contributed by atoms with Crippen molar-refractivity contribution in [3.8, 4) is 0 Å². The Hall–Kier alpha value is -2.55. The van der Waals surface area contributed by atoms with Crippen LogP contribution in [-0.2, 0) is 11.8 Å². The third kappa shape index (κ3) is 6.03. The quantitative estimate of drug-likeness (QED) is 0.450. The van der Waals surface area contributed by atoms with Gasteiger partial charge in [-0.05, 0) is 37.6 Å². The molecule has 168 valence electrons. The average molecular weight is 492 g/mol. The van der Waals surface area contributed by atoms with E-state index in [4.69, 9.17) is 23.2 Å². The van der Waals surface area contributed by atoms with E-state index in [-0.39, 0.29) is 23.6 Å². The maximum Gasteiger partial charge on any atom is 0.251 e. The second kappa shape index (κ2) is 10.8. The van der Waals surface area contributed by atoms with Gasteiger partial charge in [0.15, 0.2) is 11.0 Å². The van der Waals surface area contributed by atoms with Gasteiger partial charge in [0.05, 0.1) is 27.9 Å². The molecular formula is C22H23Cl2N5O2S. The van der Waals surface area contributed by atoms with Gasteiger partial charge in [0, 0.05) is 12.6 Å². The molecule has 0 saturated carbocycles. The molecule has 1 aromatic heterocycles. The van der Waals surface area contributed by atoms with Gasteiger partial charge in [-0.2, -0.15) is 0 Å². The number of rotatable bonds is 8. The van der Waals surface area contributed by atoms with E-state index in [0.29, 0.717) is 26.6 Å². The van der Waals surface area contributed by atoms with Gasteiger partial charge in [0.2, 0.25) is 5.91 Å². The zero-order chi connectivity index (χ0) is 23.3.